The van der Waals surface area contributed by atoms with Crippen LogP contribution in [0.2, 0.25) is 0 Å². The summed E-state index contributed by atoms with van der Waals surface area (Å²) in [5.41, 5.74) is 2.29. The lowest BCUT2D eigenvalue weighted by Crippen LogP contribution is -2.48. The van der Waals surface area contributed by atoms with Crippen molar-refractivity contribution in [3.05, 3.63) is 48.5 Å². The predicted molar refractivity (Wildman–Crippen MR) is 132 cm³/mol. The Labute approximate surface area is 206 Å². The van der Waals surface area contributed by atoms with Crippen molar-refractivity contribution in [2.45, 2.75) is 32.7 Å². The van der Waals surface area contributed by atoms with E-state index in [4.69, 9.17) is 9.47 Å². The molecule has 3 rings (SSSR count). The number of thiazole rings is 1. The van der Waals surface area contributed by atoms with Crippen LogP contribution in [0.25, 0.3) is 10.2 Å². The minimum absolute atomic E-state index is 0.0436. The van der Waals surface area contributed by atoms with E-state index in [0.29, 0.717) is 5.69 Å². The Morgan fingerprint density at radius 1 is 0.857 bits per heavy atom. The zero-order valence-corrected chi connectivity index (χ0v) is 20.1. The highest BCUT2D eigenvalue weighted by atomic mass is 32.1. The molecule has 0 aliphatic heterocycles. The van der Waals surface area contributed by atoms with Gasteiger partial charge in [0, 0.05) is 24.2 Å². The number of aromatic nitrogens is 1. The second-order valence-electron chi connectivity index (χ2n) is 7.24. The predicted octanol–water partition coefficient (Wildman–Crippen LogP) is 3.37. The Hall–Kier alpha value is -3.99. The monoisotopic (exact) mass is 498 g/mol. The van der Waals surface area contributed by atoms with Gasteiger partial charge in [0.1, 0.15) is 0 Å². The van der Waals surface area contributed by atoms with E-state index in [1.54, 1.807) is 49.4 Å². The van der Waals surface area contributed by atoms with Crippen LogP contribution in [-0.2, 0) is 28.7 Å². The zero-order chi connectivity index (χ0) is 25.2. The summed E-state index contributed by atoms with van der Waals surface area (Å²) in [7, 11) is 0. The number of amides is 2. The lowest BCUT2D eigenvalue weighted by atomic mass is 10.2. The third-order valence-corrected chi connectivity index (χ3v) is 5.59. The summed E-state index contributed by atoms with van der Waals surface area (Å²) in [5.74, 6) is -2.87. The third kappa shape index (κ3) is 7.51. The van der Waals surface area contributed by atoms with Crippen molar-refractivity contribution in [3.8, 4) is 0 Å². The number of nitrogens with zero attached hydrogens (tertiary/aromatic N) is 1. The molecule has 1 aromatic heterocycles. The Kier molecular flexibility index (Phi) is 9.13. The van der Waals surface area contributed by atoms with Crippen molar-refractivity contribution < 1.29 is 28.7 Å². The van der Waals surface area contributed by atoms with Crippen LogP contribution in [0.3, 0.4) is 0 Å². The summed E-state index contributed by atoms with van der Waals surface area (Å²) in [6.07, 6.45) is -0.367. The molecule has 0 fully saturated rings. The molecule has 0 unspecified atom stereocenters. The van der Waals surface area contributed by atoms with E-state index in [-0.39, 0.29) is 26.1 Å². The number of carbonyl (C=O) groups excluding carboxylic acids is 4. The molecular formula is C24H26N4O6S. The van der Waals surface area contributed by atoms with E-state index in [1.807, 2.05) is 24.3 Å². The van der Waals surface area contributed by atoms with Gasteiger partial charge in [0.15, 0.2) is 5.13 Å². The highest BCUT2D eigenvalue weighted by Gasteiger charge is 2.31. The van der Waals surface area contributed by atoms with Gasteiger partial charge in [-0.15, -0.1) is 0 Å². The van der Waals surface area contributed by atoms with Gasteiger partial charge >= 0.3 is 11.9 Å². The number of benzene rings is 2. The average Bonchev–Trinajstić information content (AvgIpc) is 3.25. The Balaban J connectivity index is 1.48. The molecule has 0 aliphatic carbocycles. The lowest BCUT2D eigenvalue weighted by molar-refractivity contribution is -0.159. The van der Waals surface area contributed by atoms with Crippen LogP contribution in [0.15, 0.2) is 48.5 Å². The molecule has 0 bridgehead atoms. The number of anilines is 3. The highest BCUT2D eigenvalue weighted by Crippen LogP contribution is 2.28. The van der Waals surface area contributed by atoms with E-state index in [0.717, 1.165) is 21.0 Å². The second-order valence-corrected chi connectivity index (χ2v) is 8.27. The number of esters is 2. The smallest absolute Gasteiger partial charge is 0.340 e. The first-order valence-corrected chi connectivity index (χ1v) is 11.9. The van der Waals surface area contributed by atoms with Crippen LogP contribution in [0.5, 0.6) is 0 Å². The normalized spacial score (nSPS) is 10.6. The fraction of sp³-hybridized carbons (Fsp3) is 0.292. The number of nitrogens with one attached hydrogen (secondary N) is 3. The SMILES string of the molecule is CCOC(=O)C(NC(=O)CCC(=O)Nc1ccc(Nc2nc3ccccc3s2)cc1)C(=O)OCC. The van der Waals surface area contributed by atoms with Crippen molar-refractivity contribution in [2.75, 3.05) is 23.8 Å². The van der Waals surface area contributed by atoms with Crippen LogP contribution >= 0.6 is 11.3 Å². The molecule has 0 saturated carbocycles. The van der Waals surface area contributed by atoms with Crippen LogP contribution in [0, 0.1) is 0 Å². The first-order chi connectivity index (χ1) is 16.9. The van der Waals surface area contributed by atoms with Crippen LogP contribution in [0.4, 0.5) is 16.5 Å². The van der Waals surface area contributed by atoms with Gasteiger partial charge in [0.2, 0.25) is 17.9 Å². The molecule has 0 atom stereocenters. The summed E-state index contributed by atoms with van der Waals surface area (Å²) in [6, 6.07) is 13.3. The fourth-order valence-electron chi connectivity index (χ4n) is 3.04. The molecule has 184 valence electrons. The number of rotatable bonds is 11. The maximum atomic E-state index is 12.3. The van der Waals surface area contributed by atoms with Gasteiger partial charge in [-0.2, -0.15) is 0 Å². The van der Waals surface area contributed by atoms with Crippen molar-refractivity contribution in [2.24, 2.45) is 0 Å². The Bertz CT molecular complexity index is 1140. The second kappa shape index (κ2) is 12.5. The molecular weight excluding hydrogens is 472 g/mol. The summed E-state index contributed by atoms with van der Waals surface area (Å²) in [5, 5.41) is 8.97. The summed E-state index contributed by atoms with van der Waals surface area (Å²) < 4.78 is 10.7. The maximum Gasteiger partial charge on any atom is 0.340 e. The van der Waals surface area contributed by atoms with E-state index in [2.05, 4.69) is 20.9 Å². The van der Waals surface area contributed by atoms with Crippen molar-refractivity contribution >= 4 is 61.8 Å². The van der Waals surface area contributed by atoms with Gasteiger partial charge in [-0.3, -0.25) is 9.59 Å². The number of hydrogen-bond donors (Lipinski definition) is 3. The molecule has 3 N–H and O–H groups in total. The molecule has 0 spiro atoms. The van der Waals surface area contributed by atoms with Crippen LogP contribution in [-0.4, -0.2) is 48.0 Å². The van der Waals surface area contributed by atoms with Gasteiger partial charge in [0.05, 0.1) is 23.4 Å². The highest BCUT2D eigenvalue weighted by molar-refractivity contribution is 7.22. The number of fused-ring (bicyclic) bond motifs is 1. The van der Waals surface area contributed by atoms with Crippen molar-refractivity contribution in [1.29, 1.82) is 0 Å². The Morgan fingerprint density at radius 3 is 2.09 bits per heavy atom. The van der Waals surface area contributed by atoms with Crippen LogP contribution < -0.4 is 16.0 Å². The number of ether oxygens (including phenoxy) is 2. The minimum atomic E-state index is -1.57. The summed E-state index contributed by atoms with van der Waals surface area (Å²) in [4.78, 5) is 52.8. The first-order valence-electron chi connectivity index (χ1n) is 11.0. The number of para-hydroxylation sites is 1. The number of carbonyl (C=O) groups is 4. The molecule has 0 aliphatic rings. The quantitative estimate of drug-likeness (QED) is 0.270. The maximum absolute atomic E-state index is 12.3. The van der Waals surface area contributed by atoms with Gasteiger partial charge < -0.3 is 25.4 Å². The molecule has 1 heterocycles. The largest absolute Gasteiger partial charge is 0.464 e. The van der Waals surface area contributed by atoms with E-state index in [1.165, 1.54) is 0 Å². The summed E-state index contributed by atoms with van der Waals surface area (Å²) >= 11 is 1.54. The van der Waals surface area contributed by atoms with E-state index in [9.17, 15) is 19.2 Å². The molecule has 10 nitrogen and oxygen atoms in total. The summed E-state index contributed by atoms with van der Waals surface area (Å²) in [6.45, 7) is 3.25. The molecule has 2 aromatic carbocycles. The Morgan fingerprint density at radius 2 is 1.46 bits per heavy atom. The zero-order valence-electron chi connectivity index (χ0n) is 19.3. The third-order valence-electron chi connectivity index (χ3n) is 4.64. The number of hydrogen-bond acceptors (Lipinski definition) is 9. The molecule has 35 heavy (non-hydrogen) atoms. The van der Waals surface area contributed by atoms with E-state index < -0.39 is 29.8 Å². The molecule has 3 aromatic rings. The van der Waals surface area contributed by atoms with Crippen molar-refractivity contribution in [3.63, 3.8) is 0 Å². The minimum Gasteiger partial charge on any atom is -0.464 e. The van der Waals surface area contributed by atoms with Gasteiger partial charge in [0.25, 0.3) is 0 Å². The molecule has 0 radical (unpaired) electrons. The first kappa shape index (κ1) is 25.6. The van der Waals surface area contributed by atoms with Gasteiger partial charge in [-0.1, -0.05) is 23.5 Å². The van der Waals surface area contributed by atoms with Gasteiger partial charge in [-0.25, -0.2) is 14.6 Å². The average molecular weight is 499 g/mol. The molecule has 0 saturated heterocycles. The van der Waals surface area contributed by atoms with Crippen molar-refractivity contribution in [1.82, 2.24) is 10.3 Å². The lowest BCUT2D eigenvalue weighted by Gasteiger charge is -2.15. The fourth-order valence-corrected chi connectivity index (χ4v) is 3.92. The van der Waals surface area contributed by atoms with E-state index >= 15 is 0 Å². The standard InChI is InChI=1S/C24H26N4O6S/c1-3-33-22(31)21(23(32)34-4-2)28-20(30)14-13-19(29)25-15-9-11-16(12-10-15)26-24-27-17-7-5-6-8-18(17)35-24/h5-12,21H,3-4,13-14H2,1-2H3,(H,25,29)(H,26,27)(H,28,30). The van der Waals surface area contributed by atoms with Gasteiger partial charge in [-0.05, 0) is 50.2 Å². The topological polar surface area (TPSA) is 136 Å². The molecule has 11 heteroatoms. The molecule has 2 amide bonds. The van der Waals surface area contributed by atoms with Crippen LogP contribution in [0.1, 0.15) is 26.7 Å².